The molecule has 6 heteroatoms. The smallest absolute Gasteiger partial charge is 0.283 e. The van der Waals surface area contributed by atoms with Gasteiger partial charge in [0.2, 0.25) is 0 Å². The molecule has 2 atom stereocenters. The van der Waals surface area contributed by atoms with Crippen molar-refractivity contribution in [1.82, 2.24) is 0 Å². The van der Waals surface area contributed by atoms with E-state index in [-0.39, 0.29) is 6.42 Å². The van der Waals surface area contributed by atoms with Crippen LogP contribution in [0.25, 0.3) is 0 Å². The molecule has 3 rings (SSSR count). The van der Waals surface area contributed by atoms with Crippen molar-refractivity contribution < 1.29 is 23.4 Å². The average Bonchev–Trinajstić information content (AvgIpc) is 2.74. The first-order chi connectivity index (χ1) is 9.53. The Labute approximate surface area is 115 Å². The molecule has 1 aromatic carbocycles. The third kappa shape index (κ3) is 2.13. The van der Waals surface area contributed by atoms with E-state index in [4.69, 9.17) is 0 Å². The summed E-state index contributed by atoms with van der Waals surface area (Å²) >= 11 is 0. The van der Waals surface area contributed by atoms with E-state index >= 15 is 0 Å². The fourth-order valence-corrected chi connectivity index (χ4v) is 3.29. The number of hydrogen-bond acceptors (Lipinski definition) is 1. The quantitative estimate of drug-likeness (QED) is 0.704. The van der Waals surface area contributed by atoms with E-state index in [1.54, 1.807) is 0 Å². The number of nitrogens with two attached hydrogens (primary N) is 1. The topological polar surface area (TPSA) is 33.4 Å². The Morgan fingerprint density at radius 3 is 2.60 bits per heavy atom. The largest absolute Gasteiger partial charge is 0.503 e. The van der Waals surface area contributed by atoms with Crippen molar-refractivity contribution in [2.75, 3.05) is 26.2 Å². The number of nitrogens with zero attached hydrogens (tertiary/aromatic N) is 1. The molecule has 0 bridgehead atoms. The van der Waals surface area contributed by atoms with Gasteiger partial charge in [-0.1, -0.05) is 30.3 Å². The van der Waals surface area contributed by atoms with Crippen molar-refractivity contribution in [1.29, 1.82) is 0 Å². The van der Waals surface area contributed by atoms with Crippen LogP contribution >= 0.6 is 0 Å². The molecule has 3 nitrogen and oxygen atoms in total. The van der Waals surface area contributed by atoms with Crippen LogP contribution < -0.4 is 10.2 Å². The predicted octanol–water partition coefficient (Wildman–Crippen LogP) is -0.400. The number of benzene rings is 1. The molecule has 0 saturated carbocycles. The van der Waals surface area contributed by atoms with Gasteiger partial charge in [-0.2, -0.15) is 13.2 Å². The molecular formula is C14H18F3N3+2. The number of alkyl halides is 3. The lowest BCUT2D eigenvalue weighted by molar-refractivity contribution is -1.04. The van der Waals surface area contributed by atoms with Gasteiger partial charge < -0.3 is 0 Å². The van der Waals surface area contributed by atoms with E-state index in [1.165, 1.54) is 5.32 Å². The second-order valence-electron chi connectivity index (χ2n) is 5.44. The van der Waals surface area contributed by atoms with Gasteiger partial charge >= 0.3 is 11.8 Å². The molecule has 0 aromatic heterocycles. The van der Waals surface area contributed by atoms with E-state index in [2.05, 4.69) is 4.99 Å². The molecule has 2 heterocycles. The van der Waals surface area contributed by atoms with Gasteiger partial charge in [-0.15, -0.1) is 0 Å². The number of hydrogen-bond donors (Lipinski definition) is 2. The van der Waals surface area contributed by atoms with Crippen molar-refractivity contribution in [2.24, 2.45) is 4.99 Å². The standard InChI is InChI=1S/C14H16F3N3/c15-14(16,17)13-10-12(11-4-2-1-3-5-11)18-6-8-20(13)9-7-19-13/h1-5,19H,6-10H2/p+2/t13-/m1/s1. The molecule has 0 radical (unpaired) electrons. The van der Waals surface area contributed by atoms with Crippen molar-refractivity contribution in [3.63, 3.8) is 0 Å². The first-order valence-electron chi connectivity index (χ1n) is 6.88. The summed E-state index contributed by atoms with van der Waals surface area (Å²) in [6, 6.07) is 9.21. The number of nitrogens with one attached hydrogen (secondary N) is 1. The third-order valence-corrected chi connectivity index (χ3v) is 4.35. The van der Waals surface area contributed by atoms with Gasteiger partial charge in [0.1, 0.15) is 26.1 Å². The summed E-state index contributed by atoms with van der Waals surface area (Å²) in [6.45, 7) is 1.99. The number of rotatable bonds is 1. The molecule has 0 amide bonds. The van der Waals surface area contributed by atoms with Crippen LogP contribution in [0.3, 0.4) is 0 Å². The summed E-state index contributed by atoms with van der Waals surface area (Å²) in [7, 11) is 0. The van der Waals surface area contributed by atoms with Gasteiger partial charge in [0, 0.05) is 0 Å². The highest BCUT2D eigenvalue weighted by molar-refractivity contribution is 6.01. The molecule has 0 spiro atoms. The molecule has 20 heavy (non-hydrogen) atoms. The fraction of sp³-hybridized carbons (Fsp3) is 0.500. The molecule has 1 aromatic rings. The molecular weight excluding hydrogens is 267 g/mol. The zero-order valence-electron chi connectivity index (χ0n) is 11.1. The van der Waals surface area contributed by atoms with Crippen LogP contribution in [0.2, 0.25) is 0 Å². The van der Waals surface area contributed by atoms with Gasteiger partial charge in [0.05, 0.1) is 12.3 Å². The van der Waals surface area contributed by atoms with Gasteiger partial charge in [-0.3, -0.25) is 15.2 Å². The van der Waals surface area contributed by atoms with Crippen LogP contribution in [0.15, 0.2) is 35.3 Å². The van der Waals surface area contributed by atoms with E-state index in [1.807, 2.05) is 30.3 Å². The van der Waals surface area contributed by atoms with Crippen molar-refractivity contribution in [2.45, 2.75) is 18.3 Å². The van der Waals surface area contributed by atoms with Gasteiger partial charge in [0.25, 0.3) is 0 Å². The van der Waals surface area contributed by atoms with E-state index in [9.17, 15) is 13.2 Å². The lowest BCUT2D eigenvalue weighted by atomic mass is 9.96. The maximum absolute atomic E-state index is 13.6. The molecule has 2 aliphatic heterocycles. The van der Waals surface area contributed by atoms with Crippen LogP contribution in [-0.4, -0.2) is 43.7 Å². The summed E-state index contributed by atoms with van der Waals surface area (Å²) in [5, 5.41) is 1.46. The van der Waals surface area contributed by atoms with Crippen molar-refractivity contribution >= 4 is 5.71 Å². The molecule has 2 aliphatic rings. The highest BCUT2D eigenvalue weighted by Gasteiger charge is 2.69. The number of quaternary nitrogens is 2. The first-order valence-corrected chi connectivity index (χ1v) is 6.88. The maximum atomic E-state index is 13.6. The summed E-state index contributed by atoms with van der Waals surface area (Å²) in [5.74, 6) is 0. The SMILES string of the molecule is FC(F)(F)[C@@]12CC(c3ccccc3)=NCC[NH+]1CC[NH2+]2. The Bertz CT molecular complexity index is 512. The number of aliphatic imine (C=N–C) groups is 1. The minimum absolute atomic E-state index is 0.0458. The lowest BCUT2D eigenvalue weighted by Crippen LogP contribution is -3.29. The molecule has 1 fully saturated rings. The summed E-state index contributed by atoms with van der Waals surface area (Å²) in [5.41, 5.74) is -0.369. The number of halogens is 3. The van der Waals surface area contributed by atoms with Crippen molar-refractivity contribution in [3.05, 3.63) is 35.9 Å². The van der Waals surface area contributed by atoms with E-state index in [0.29, 0.717) is 36.8 Å². The predicted molar refractivity (Wildman–Crippen MR) is 68.7 cm³/mol. The van der Waals surface area contributed by atoms with E-state index in [0.717, 1.165) is 5.56 Å². The van der Waals surface area contributed by atoms with Crippen LogP contribution in [0, 0.1) is 0 Å². The Morgan fingerprint density at radius 1 is 1.15 bits per heavy atom. The van der Waals surface area contributed by atoms with Crippen LogP contribution in [0.4, 0.5) is 13.2 Å². The molecule has 1 saturated heterocycles. The Morgan fingerprint density at radius 2 is 1.90 bits per heavy atom. The third-order valence-electron chi connectivity index (χ3n) is 4.35. The van der Waals surface area contributed by atoms with Crippen molar-refractivity contribution in [3.8, 4) is 0 Å². The number of fused-ring (bicyclic) bond motifs is 1. The van der Waals surface area contributed by atoms with Crippen LogP contribution in [0.1, 0.15) is 12.0 Å². The maximum Gasteiger partial charge on any atom is 0.503 e. The summed E-state index contributed by atoms with van der Waals surface area (Å²) in [4.78, 5) is 5.02. The summed E-state index contributed by atoms with van der Waals surface area (Å²) < 4.78 is 40.9. The monoisotopic (exact) mass is 285 g/mol. The second kappa shape index (κ2) is 4.86. The Hall–Kier alpha value is -1.40. The molecule has 108 valence electrons. The highest BCUT2D eigenvalue weighted by Crippen LogP contribution is 2.28. The molecule has 3 N–H and O–H groups in total. The average molecular weight is 285 g/mol. The molecule has 0 aliphatic carbocycles. The normalized spacial score (nSPS) is 30.6. The second-order valence-corrected chi connectivity index (χ2v) is 5.44. The Balaban J connectivity index is 1.98. The highest BCUT2D eigenvalue weighted by atomic mass is 19.4. The zero-order valence-corrected chi connectivity index (χ0v) is 11.1. The minimum atomic E-state index is -4.22. The first kappa shape index (κ1) is 13.6. The molecule has 1 unspecified atom stereocenters. The van der Waals surface area contributed by atoms with Gasteiger partial charge in [-0.25, -0.2) is 0 Å². The van der Waals surface area contributed by atoms with E-state index < -0.39 is 11.8 Å². The Kier molecular flexibility index (Phi) is 3.30. The minimum Gasteiger partial charge on any atom is -0.283 e. The van der Waals surface area contributed by atoms with Gasteiger partial charge in [0.15, 0.2) is 0 Å². The van der Waals surface area contributed by atoms with Gasteiger partial charge in [-0.05, 0) is 5.56 Å². The summed E-state index contributed by atoms with van der Waals surface area (Å²) in [6.07, 6.45) is -4.27. The van der Waals surface area contributed by atoms with Crippen LogP contribution in [-0.2, 0) is 0 Å². The lowest BCUT2D eigenvalue weighted by Gasteiger charge is -2.31. The fourth-order valence-electron chi connectivity index (χ4n) is 3.29. The zero-order chi connectivity index (χ0) is 14.2. The van der Waals surface area contributed by atoms with Crippen LogP contribution in [0.5, 0.6) is 0 Å².